The number of halogens is 1. The summed E-state index contributed by atoms with van der Waals surface area (Å²) < 4.78 is 0.987. The average molecular weight is 265 g/mol. The van der Waals surface area contributed by atoms with Gasteiger partial charge < -0.3 is 0 Å². The smallest absolute Gasteiger partial charge is 0.166 e. The minimum atomic E-state index is 0.158. The molecule has 1 aromatic carbocycles. The minimum absolute atomic E-state index is 0.158. The van der Waals surface area contributed by atoms with E-state index in [0.717, 1.165) is 22.9 Å². The summed E-state index contributed by atoms with van der Waals surface area (Å²) in [6.45, 7) is 1.99. The van der Waals surface area contributed by atoms with Gasteiger partial charge in [-0.2, -0.15) is 0 Å². The normalized spacial score (nSPS) is 19.9. The SMILES string of the molecule is CC=CCC1Cc2ccc(Br)cc2C1=O. The number of carbonyl (C=O) groups excluding carboxylic acids is 1. The van der Waals surface area contributed by atoms with Crippen molar-refractivity contribution < 1.29 is 4.79 Å². The highest BCUT2D eigenvalue weighted by atomic mass is 79.9. The fraction of sp³-hybridized carbons (Fsp3) is 0.308. The summed E-state index contributed by atoms with van der Waals surface area (Å²) in [6, 6.07) is 5.99. The summed E-state index contributed by atoms with van der Waals surface area (Å²) in [4.78, 5) is 12.0. The number of allylic oxidation sites excluding steroid dienone is 2. The molecule has 0 aromatic heterocycles. The van der Waals surface area contributed by atoms with Crippen LogP contribution in [0.15, 0.2) is 34.8 Å². The van der Waals surface area contributed by atoms with E-state index in [4.69, 9.17) is 0 Å². The number of Topliss-reactive ketones (excluding diaryl/α,β-unsaturated/α-hetero) is 1. The molecule has 0 heterocycles. The quantitative estimate of drug-likeness (QED) is 0.744. The van der Waals surface area contributed by atoms with E-state index in [0.29, 0.717) is 5.78 Å². The van der Waals surface area contributed by atoms with Crippen molar-refractivity contribution in [2.45, 2.75) is 19.8 Å². The highest BCUT2D eigenvalue weighted by molar-refractivity contribution is 9.10. The summed E-state index contributed by atoms with van der Waals surface area (Å²) in [5, 5.41) is 0. The summed E-state index contributed by atoms with van der Waals surface area (Å²) >= 11 is 3.40. The van der Waals surface area contributed by atoms with Crippen LogP contribution in [0.5, 0.6) is 0 Å². The molecule has 0 spiro atoms. The third kappa shape index (κ3) is 2.05. The first kappa shape index (κ1) is 10.6. The van der Waals surface area contributed by atoms with Gasteiger partial charge in [-0.1, -0.05) is 34.1 Å². The largest absolute Gasteiger partial charge is 0.294 e. The molecule has 78 valence electrons. The van der Waals surface area contributed by atoms with Crippen molar-refractivity contribution in [2.24, 2.45) is 5.92 Å². The first-order valence-corrected chi connectivity index (χ1v) is 5.95. The van der Waals surface area contributed by atoms with E-state index in [1.165, 1.54) is 5.56 Å². The van der Waals surface area contributed by atoms with Gasteiger partial charge in [0.1, 0.15) is 0 Å². The fourth-order valence-electron chi connectivity index (χ4n) is 2.02. The van der Waals surface area contributed by atoms with E-state index >= 15 is 0 Å². The van der Waals surface area contributed by atoms with E-state index in [2.05, 4.69) is 22.0 Å². The number of fused-ring (bicyclic) bond motifs is 1. The van der Waals surface area contributed by atoms with Crippen molar-refractivity contribution in [1.29, 1.82) is 0 Å². The van der Waals surface area contributed by atoms with Gasteiger partial charge >= 0.3 is 0 Å². The van der Waals surface area contributed by atoms with E-state index in [1.54, 1.807) is 0 Å². The van der Waals surface area contributed by atoms with Crippen LogP contribution >= 0.6 is 15.9 Å². The predicted molar refractivity (Wildman–Crippen MR) is 65.1 cm³/mol. The molecule has 0 saturated carbocycles. The van der Waals surface area contributed by atoms with Crippen LogP contribution < -0.4 is 0 Å². The molecule has 1 aliphatic carbocycles. The van der Waals surface area contributed by atoms with Crippen molar-refractivity contribution >= 4 is 21.7 Å². The summed E-state index contributed by atoms with van der Waals surface area (Å²) in [6.07, 6.45) is 5.84. The molecule has 1 unspecified atom stereocenters. The van der Waals surface area contributed by atoms with E-state index in [9.17, 15) is 4.79 Å². The van der Waals surface area contributed by atoms with Crippen LogP contribution in [-0.2, 0) is 6.42 Å². The maximum absolute atomic E-state index is 12.0. The molecule has 0 aliphatic heterocycles. The Hall–Kier alpha value is -0.890. The molecule has 0 radical (unpaired) electrons. The van der Waals surface area contributed by atoms with Crippen molar-refractivity contribution in [2.75, 3.05) is 0 Å². The zero-order chi connectivity index (χ0) is 10.8. The lowest BCUT2D eigenvalue weighted by atomic mass is 10.0. The van der Waals surface area contributed by atoms with Gasteiger partial charge in [0, 0.05) is 16.0 Å². The molecule has 15 heavy (non-hydrogen) atoms. The van der Waals surface area contributed by atoms with Gasteiger partial charge in [0.15, 0.2) is 5.78 Å². The maximum Gasteiger partial charge on any atom is 0.166 e. The Balaban J connectivity index is 2.25. The lowest BCUT2D eigenvalue weighted by Crippen LogP contribution is -2.07. The molecule has 1 nitrogen and oxygen atoms in total. The third-order valence-corrected chi connectivity index (χ3v) is 3.32. The van der Waals surface area contributed by atoms with E-state index in [1.807, 2.05) is 31.2 Å². The second-order valence-electron chi connectivity index (χ2n) is 3.87. The molecule has 1 aromatic rings. The first-order chi connectivity index (χ1) is 7.22. The van der Waals surface area contributed by atoms with Crippen molar-refractivity contribution in [3.05, 3.63) is 46.0 Å². The van der Waals surface area contributed by atoms with Crippen molar-refractivity contribution in [1.82, 2.24) is 0 Å². The molecule has 0 bridgehead atoms. The Labute approximate surface area is 98.3 Å². The number of rotatable bonds is 2. The second kappa shape index (κ2) is 4.31. The summed E-state index contributed by atoms with van der Waals surface area (Å²) in [7, 11) is 0. The van der Waals surface area contributed by atoms with Gasteiger partial charge in [0.2, 0.25) is 0 Å². The maximum atomic E-state index is 12.0. The third-order valence-electron chi connectivity index (χ3n) is 2.83. The molecular formula is C13H13BrO. The van der Waals surface area contributed by atoms with Crippen LogP contribution in [-0.4, -0.2) is 5.78 Å². The monoisotopic (exact) mass is 264 g/mol. The van der Waals surface area contributed by atoms with Crippen LogP contribution in [0.1, 0.15) is 29.3 Å². The first-order valence-electron chi connectivity index (χ1n) is 5.16. The Kier molecular flexibility index (Phi) is 3.06. The molecule has 1 aliphatic rings. The van der Waals surface area contributed by atoms with Gasteiger partial charge in [0.05, 0.1) is 0 Å². The fourth-order valence-corrected chi connectivity index (χ4v) is 2.39. The molecule has 0 fully saturated rings. The Morgan fingerprint density at radius 1 is 1.53 bits per heavy atom. The van der Waals surface area contributed by atoms with Crippen LogP contribution in [0, 0.1) is 5.92 Å². The standard InChI is InChI=1S/C13H13BrO/c1-2-3-4-10-7-9-5-6-11(14)8-12(9)13(10)15/h2-3,5-6,8,10H,4,7H2,1H3. The molecule has 0 N–H and O–H groups in total. The Morgan fingerprint density at radius 3 is 3.07 bits per heavy atom. The molecule has 0 amide bonds. The molecule has 2 rings (SSSR count). The van der Waals surface area contributed by atoms with Gasteiger partial charge in [0.25, 0.3) is 0 Å². The van der Waals surface area contributed by atoms with Crippen LogP contribution in [0.2, 0.25) is 0 Å². The van der Waals surface area contributed by atoms with Gasteiger partial charge in [-0.3, -0.25) is 4.79 Å². The minimum Gasteiger partial charge on any atom is -0.294 e. The van der Waals surface area contributed by atoms with E-state index < -0.39 is 0 Å². The summed E-state index contributed by atoms with van der Waals surface area (Å²) in [5.41, 5.74) is 2.09. The number of hydrogen-bond donors (Lipinski definition) is 0. The molecule has 2 heteroatoms. The topological polar surface area (TPSA) is 17.1 Å². The average Bonchev–Trinajstić information content (AvgIpc) is 2.53. The van der Waals surface area contributed by atoms with Gasteiger partial charge in [-0.15, -0.1) is 0 Å². The number of hydrogen-bond acceptors (Lipinski definition) is 1. The van der Waals surface area contributed by atoms with Crippen LogP contribution in [0.25, 0.3) is 0 Å². The van der Waals surface area contributed by atoms with E-state index in [-0.39, 0.29) is 5.92 Å². The predicted octanol–water partition coefficient (Wildman–Crippen LogP) is 3.77. The van der Waals surface area contributed by atoms with Gasteiger partial charge in [-0.25, -0.2) is 0 Å². The molecule has 0 saturated heterocycles. The highest BCUT2D eigenvalue weighted by Crippen LogP contribution is 2.31. The number of ketones is 1. The summed E-state index contributed by atoms with van der Waals surface area (Å²) in [5.74, 6) is 0.454. The molecule has 1 atom stereocenters. The lowest BCUT2D eigenvalue weighted by molar-refractivity contribution is 0.0938. The second-order valence-corrected chi connectivity index (χ2v) is 4.79. The zero-order valence-electron chi connectivity index (χ0n) is 8.66. The van der Waals surface area contributed by atoms with Gasteiger partial charge in [-0.05, 0) is 37.5 Å². The zero-order valence-corrected chi connectivity index (χ0v) is 10.3. The van der Waals surface area contributed by atoms with Crippen LogP contribution in [0.3, 0.4) is 0 Å². The Bertz CT molecular complexity index is 421. The Morgan fingerprint density at radius 2 is 2.33 bits per heavy atom. The van der Waals surface area contributed by atoms with Crippen LogP contribution in [0.4, 0.5) is 0 Å². The molecular weight excluding hydrogens is 252 g/mol. The lowest BCUT2D eigenvalue weighted by Gasteiger charge is -2.01. The number of benzene rings is 1. The van der Waals surface area contributed by atoms with Crippen molar-refractivity contribution in [3.8, 4) is 0 Å². The highest BCUT2D eigenvalue weighted by Gasteiger charge is 2.29. The number of carbonyl (C=O) groups is 1. The van der Waals surface area contributed by atoms with Crippen molar-refractivity contribution in [3.63, 3.8) is 0 Å².